The summed E-state index contributed by atoms with van der Waals surface area (Å²) in [6.45, 7) is 5.78. The largest absolute Gasteiger partial charge is 0.486 e. The van der Waals surface area contributed by atoms with Crippen molar-refractivity contribution in [1.29, 1.82) is 0 Å². The van der Waals surface area contributed by atoms with Gasteiger partial charge in [-0.3, -0.25) is 9.69 Å². The fourth-order valence-corrected chi connectivity index (χ4v) is 3.38. The number of piperidine rings is 1. The van der Waals surface area contributed by atoms with Crippen LogP contribution in [0, 0.1) is 0 Å². The predicted molar refractivity (Wildman–Crippen MR) is 107 cm³/mol. The minimum Gasteiger partial charge on any atom is -0.486 e. The number of unbranched alkanes of at least 4 members (excludes halogenated alkanes) is 1. The highest BCUT2D eigenvalue weighted by Gasteiger charge is 2.22. The number of likely N-dealkylation sites (tertiary alicyclic amines) is 1. The molecule has 1 fully saturated rings. The van der Waals surface area contributed by atoms with Crippen LogP contribution in [-0.2, 0) is 4.79 Å². The molecule has 0 unspecified atom stereocenters. The Morgan fingerprint density at radius 3 is 2.64 bits per heavy atom. The lowest BCUT2D eigenvalue weighted by Crippen LogP contribution is -2.49. The predicted octanol–water partition coefficient (Wildman–Crippen LogP) is 1.96. The Hall–Kier alpha value is -2.48. The van der Waals surface area contributed by atoms with Gasteiger partial charge >= 0.3 is 6.03 Å². The van der Waals surface area contributed by atoms with E-state index in [0.717, 1.165) is 38.8 Å². The van der Waals surface area contributed by atoms with Crippen LogP contribution in [0.15, 0.2) is 18.2 Å². The quantitative estimate of drug-likeness (QED) is 0.619. The van der Waals surface area contributed by atoms with E-state index in [-0.39, 0.29) is 18.0 Å². The van der Waals surface area contributed by atoms with Gasteiger partial charge in [0, 0.05) is 37.4 Å². The first kappa shape index (κ1) is 20.3. The smallest absolute Gasteiger partial charge is 0.315 e. The van der Waals surface area contributed by atoms with E-state index in [1.54, 1.807) is 6.07 Å². The number of hydrogen-bond acceptors (Lipinski definition) is 5. The first-order chi connectivity index (χ1) is 13.6. The topological polar surface area (TPSA) is 91.9 Å². The zero-order chi connectivity index (χ0) is 19.8. The molecule has 1 saturated heterocycles. The van der Waals surface area contributed by atoms with E-state index in [9.17, 15) is 9.59 Å². The van der Waals surface area contributed by atoms with Gasteiger partial charge in [-0.2, -0.15) is 0 Å². The Bertz CT molecular complexity index is 674. The summed E-state index contributed by atoms with van der Waals surface area (Å²) in [7, 11) is 0. The summed E-state index contributed by atoms with van der Waals surface area (Å²) in [6, 6.07) is 5.49. The molecule has 1 aromatic rings. The van der Waals surface area contributed by atoms with E-state index in [4.69, 9.17) is 9.47 Å². The highest BCUT2D eigenvalue weighted by molar-refractivity contribution is 5.92. The molecule has 1 aromatic carbocycles. The molecule has 8 nitrogen and oxygen atoms in total. The van der Waals surface area contributed by atoms with Crippen LogP contribution in [0.2, 0.25) is 0 Å². The third-order valence-electron chi connectivity index (χ3n) is 4.93. The molecule has 0 spiro atoms. The number of carbonyl (C=O) groups is 2. The zero-order valence-electron chi connectivity index (χ0n) is 16.5. The standard InChI is InChI=1S/C20H30N4O4/c1-2-3-8-21-20(26)23-15-6-9-24(10-7-15)14-19(25)22-16-4-5-17-18(13-16)28-12-11-27-17/h4-5,13,15H,2-3,6-12,14H2,1H3,(H,22,25)(H2,21,23,26). The lowest BCUT2D eigenvalue weighted by molar-refractivity contribution is -0.117. The van der Waals surface area contributed by atoms with Gasteiger partial charge in [0.2, 0.25) is 5.91 Å². The summed E-state index contributed by atoms with van der Waals surface area (Å²) >= 11 is 0. The highest BCUT2D eigenvalue weighted by Crippen LogP contribution is 2.32. The fraction of sp³-hybridized carbons (Fsp3) is 0.600. The molecule has 0 saturated carbocycles. The molecule has 3 rings (SSSR count). The van der Waals surface area contributed by atoms with Gasteiger partial charge in [0.25, 0.3) is 0 Å². The van der Waals surface area contributed by atoms with Crippen LogP contribution in [0.25, 0.3) is 0 Å². The van der Waals surface area contributed by atoms with E-state index in [2.05, 4.69) is 27.8 Å². The van der Waals surface area contributed by atoms with E-state index in [1.165, 1.54) is 0 Å². The van der Waals surface area contributed by atoms with Crippen molar-refractivity contribution in [2.24, 2.45) is 0 Å². The number of carbonyl (C=O) groups excluding carboxylic acids is 2. The minimum atomic E-state index is -0.0942. The molecule has 3 amide bonds. The Morgan fingerprint density at radius 2 is 1.89 bits per heavy atom. The van der Waals surface area contributed by atoms with Gasteiger partial charge in [-0.05, 0) is 31.4 Å². The first-order valence-electron chi connectivity index (χ1n) is 10.1. The second kappa shape index (κ2) is 10.2. The Kier molecular flexibility index (Phi) is 7.36. The number of benzene rings is 1. The molecule has 0 aromatic heterocycles. The van der Waals surface area contributed by atoms with Crippen LogP contribution in [0.5, 0.6) is 11.5 Å². The van der Waals surface area contributed by atoms with Gasteiger partial charge < -0.3 is 25.4 Å². The molecule has 2 aliphatic heterocycles. The van der Waals surface area contributed by atoms with E-state index >= 15 is 0 Å². The number of rotatable bonds is 7. The summed E-state index contributed by atoms with van der Waals surface area (Å²) in [4.78, 5) is 26.3. The van der Waals surface area contributed by atoms with Crippen molar-refractivity contribution in [3.63, 3.8) is 0 Å². The van der Waals surface area contributed by atoms with Crippen molar-refractivity contribution in [2.45, 2.75) is 38.6 Å². The van der Waals surface area contributed by atoms with Crippen LogP contribution in [0.1, 0.15) is 32.6 Å². The van der Waals surface area contributed by atoms with Crippen molar-refractivity contribution in [1.82, 2.24) is 15.5 Å². The average molecular weight is 390 g/mol. The number of ether oxygens (including phenoxy) is 2. The molecule has 3 N–H and O–H groups in total. The van der Waals surface area contributed by atoms with Crippen LogP contribution in [0.3, 0.4) is 0 Å². The van der Waals surface area contributed by atoms with Crippen LogP contribution < -0.4 is 25.4 Å². The zero-order valence-corrected chi connectivity index (χ0v) is 16.5. The second-order valence-corrected chi connectivity index (χ2v) is 7.21. The van der Waals surface area contributed by atoms with Gasteiger partial charge in [-0.25, -0.2) is 4.79 Å². The molecule has 2 heterocycles. The number of hydrogen-bond donors (Lipinski definition) is 3. The minimum absolute atomic E-state index is 0.0552. The van der Waals surface area contributed by atoms with Crippen LogP contribution in [-0.4, -0.2) is 62.3 Å². The second-order valence-electron chi connectivity index (χ2n) is 7.21. The number of amides is 3. The molecule has 28 heavy (non-hydrogen) atoms. The third kappa shape index (κ3) is 6.02. The van der Waals surface area contributed by atoms with Crippen molar-refractivity contribution in [3.8, 4) is 11.5 Å². The molecule has 8 heteroatoms. The van der Waals surface area contributed by atoms with Crippen molar-refractivity contribution in [2.75, 3.05) is 44.7 Å². The van der Waals surface area contributed by atoms with E-state index in [1.807, 2.05) is 12.1 Å². The Labute approximate surface area is 165 Å². The van der Waals surface area contributed by atoms with Crippen molar-refractivity contribution >= 4 is 17.6 Å². The number of fused-ring (bicyclic) bond motifs is 1. The molecular formula is C20H30N4O4. The molecule has 0 aliphatic carbocycles. The first-order valence-corrected chi connectivity index (χ1v) is 10.1. The van der Waals surface area contributed by atoms with Crippen molar-refractivity contribution in [3.05, 3.63) is 18.2 Å². The Balaban J connectivity index is 1.37. The Morgan fingerprint density at radius 1 is 1.14 bits per heavy atom. The molecule has 2 aliphatic rings. The number of anilines is 1. The van der Waals surface area contributed by atoms with E-state index in [0.29, 0.717) is 43.5 Å². The molecule has 0 bridgehead atoms. The highest BCUT2D eigenvalue weighted by atomic mass is 16.6. The van der Waals surface area contributed by atoms with Gasteiger partial charge in [0.1, 0.15) is 13.2 Å². The number of urea groups is 1. The van der Waals surface area contributed by atoms with Gasteiger partial charge in [-0.15, -0.1) is 0 Å². The number of nitrogens with zero attached hydrogens (tertiary/aromatic N) is 1. The maximum absolute atomic E-state index is 12.4. The normalized spacial score (nSPS) is 17.0. The maximum Gasteiger partial charge on any atom is 0.315 e. The lowest BCUT2D eigenvalue weighted by Gasteiger charge is -2.31. The van der Waals surface area contributed by atoms with Crippen LogP contribution in [0.4, 0.5) is 10.5 Å². The molecule has 154 valence electrons. The van der Waals surface area contributed by atoms with Gasteiger partial charge in [-0.1, -0.05) is 13.3 Å². The summed E-state index contributed by atoms with van der Waals surface area (Å²) < 4.78 is 11.0. The monoisotopic (exact) mass is 390 g/mol. The van der Waals surface area contributed by atoms with Crippen LogP contribution >= 0.6 is 0 Å². The van der Waals surface area contributed by atoms with E-state index < -0.39 is 0 Å². The summed E-state index contributed by atoms with van der Waals surface area (Å²) in [6.07, 6.45) is 3.74. The lowest BCUT2D eigenvalue weighted by atomic mass is 10.1. The van der Waals surface area contributed by atoms with Gasteiger partial charge in [0.15, 0.2) is 11.5 Å². The molecular weight excluding hydrogens is 360 g/mol. The van der Waals surface area contributed by atoms with Gasteiger partial charge in [0.05, 0.1) is 6.54 Å². The fourth-order valence-electron chi connectivity index (χ4n) is 3.38. The summed E-state index contributed by atoms with van der Waals surface area (Å²) in [5.74, 6) is 1.31. The number of nitrogens with one attached hydrogen (secondary N) is 3. The molecule has 0 radical (unpaired) electrons. The summed E-state index contributed by atoms with van der Waals surface area (Å²) in [5, 5.41) is 8.81. The SMILES string of the molecule is CCCCNC(=O)NC1CCN(CC(=O)Nc2ccc3c(c2)OCCO3)CC1. The average Bonchev–Trinajstić information content (AvgIpc) is 2.69. The summed E-state index contributed by atoms with van der Waals surface area (Å²) in [5.41, 5.74) is 0.703. The third-order valence-corrected chi connectivity index (χ3v) is 4.93. The van der Waals surface area contributed by atoms with Crippen molar-refractivity contribution < 1.29 is 19.1 Å². The molecule has 0 atom stereocenters. The maximum atomic E-state index is 12.4.